The normalized spacial score (nSPS) is 21.9. The summed E-state index contributed by atoms with van der Waals surface area (Å²) in [4.78, 5) is 28.8. The minimum Gasteiger partial charge on any atom is -0.439 e. The van der Waals surface area contributed by atoms with E-state index in [0.29, 0.717) is 19.2 Å². The number of morpholine rings is 1. The van der Waals surface area contributed by atoms with Gasteiger partial charge in [0, 0.05) is 19.1 Å². The second-order valence-electron chi connectivity index (χ2n) is 7.42. The number of carbonyl (C=O) groups is 2. The lowest BCUT2D eigenvalue weighted by atomic mass is 10.00. The van der Waals surface area contributed by atoms with E-state index in [4.69, 9.17) is 9.47 Å². The van der Waals surface area contributed by atoms with Gasteiger partial charge in [-0.05, 0) is 52.5 Å². The molecule has 6 nitrogen and oxygen atoms in total. The fourth-order valence-corrected chi connectivity index (χ4v) is 2.96. The van der Waals surface area contributed by atoms with Crippen LogP contribution in [0.3, 0.4) is 0 Å². The summed E-state index contributed by atoms with van der Waals surface area (Å²) in [5.74, 6) is 0.00532. The minimum absolute atomic E-state index is 0.00532. The van der Waals surface area contributed by atoms with Gasteiger partial charge in [0.1, 0.15) is 5.60 Å². The molecule has 0 aromatic heterocycles. The molecule has 1 aliphatic heterocycles. The van der Waals surface area contributed by atoms with Gasteiger partial charge < -0.3 is 19.3 Å². The fraction of sp³-hybridized carbons (Fsp3) is 0.789. The number of nitrogens with zero attached hydrogens (tertiary/aromatic N) is 2. The van der Waals surface area contributed by atoms with E-state index < -0.39 is 11.7 Å². The van der Waals surface area contributed by atoms with Gasteiger partial charge in [0.25, 0.3) is 5.91 Å². The largest absolute Gasteiger partial charge is 0.439 e. The summed E-state index contributed by atoms with van der Waals surface area (Å²) in [6, 6.07) is 0.356. The monoisotopic (exact) mass is 352 g/mol. The molecule has 2 aliphatic rings. The molecule has 0 aromatic rings. The Labute approximate surface area is 151 Å². The fourth-order valence-electron chi connectivity index (χ4n) is 2.96. The summed E-state index contributed by atoms with van der Waals surface area (Å²) >= 11 is 0. The van der Waals surface area contributed by atoms with Crippen molar-refractivity contribution in [2.75, 3.05) is 26.2 Å². The van der Waals surface area contributed by atoms with Gasteiger partial charge in [0.05, 0.1) is 13.2 Å². The lowest BCUT2D eigenvalue weighted by Crippen LogP contribution is -2.54. The molecule has 2 fully saturated rings. The molecular formula is C19H32N2O4. The quantitative estimate of drug-likeness (QED) is 0.690. The average Bonchev–Trinajstić information content (AvgIpc) is 3.42. The van der Waals surface area contributed by atoms with E-state index in [0.717, 1.165) is 31.4 Å². The topological polar surface area (TPSA) is 59.1 Å². The number of rotatable bonds is 6. The Morgan fingerprint density at radius 1 is 1.36 bits per heavy atom. The average molecular weight is 352 g/mol. The molecule has 1 atom stereocenters. The molecule has 0 aromatic carbocycles. The molecule has 6 heteroatoms. The maximum Gasteiger partial charge on any atom is 0.410 e. The summed E-state index contributed by atoms with van der Waals surface area (Å²) in [6.07, 6.45) is 4.04. The lowest BCUT2D eigenvalue weighted by Gasteiger charge is -2.36. The predicted molar refractivity (Wildman–Crippen MR) is 96.3 cm³/mol. The highest BCUT2D eigenvalue weighted by molar-refractivity contribution is 5.82. The van der Waals surface area contributed by atoms with Crippen LogP contribution in [0.1, 0.15) is 53.9 Å². The molecule has 0 radical (unpaired) electrons. The van der Waals surface area contributed by atoms with Crippen molar-refractivity contribution in [2.45, 2.75) is 71.6 Å². The van der Waals surface area contributed by atoms with E-state index in [9.17, 15) is 9.59 Å². The molecule has 1 saturated heterocycles. The SMILES string of the molecule is C/C=C(\C)C(C)(C)OC(=O)N1CCO[C@@H](C(=O)N(CCC)C2CC2)C1. The van der Waals surface area contributed by atoms with Crippen molar-refractivity contribution in [1.82, 2.24) is 9.80 Å². The molecule has 0 spiro atoms. The van der Waals surface area contributed by atoms with Gasteiger partial charge in [-0.1, -0.05) is 13.0 Å². The Bertz CT molecular complexity index is 526. The van der Waals surface area contributed by atoms with Gasteiger partial charge in [0.15, 0.2) is 6.10 Å². The van der Waals surface area contributed by atoms with E-state index >= 15 is 0 Å². The van der Waals surface area contributed by atoms with Crippen LogP contribution in [0.25, 0.3) is 0 Å². The van der Waals surface area contributed by atoms with Gasteiger partial charge in [-0.15, -0.1) is 0 Å². The summed E-state index contributed by atoms with van der Waals surface area (Å²) in [6.45, 7) is 11.5. The Balaban J connectivity index is 1.97. The van der Waals surface area contributed by atoms with Crippen LogP contribution in [0.5, 0.6) is 0 Å². The molecule has 2 amide bonds. The summed E-state index contributed by atoms with van der Waals surface area (Å²) in [5.41, 5.74) is 0.330. The lowest BCUT2D eigenvalue weighted by molar-refractivity contribution is -0.149. The van der Waals surface area contributed by atoms with E-state index in [1.807, 2.05) is 38.7 Å². The van der Waals surface area contributed by atoms with Gasteiger partial charge in [-0.2, -0.15) is 0 Å². The summed E-state index contributed by atoms with van der Waals surface area (Å²) < 4.78 is 11.3. The summed E-state index contributed by atoms with van der Waals surface area (Å²) in [7, 11) is 0. The molecule has 1 heterocycles. The molecular weight excluding hydrogens is 320 g/mol. The Hall–Kier alpha value is -1.56. The highest BCUT2D eigenvalue weighted by Crippen LogP contribution is 2.28. The van der Waals surface area contributed by atoms with Crippen molar-refractivity contribution in [2.24, 2.45) is 0 Å². The number of hydrogen-bond donors (Lipinski definition) is 0. The highest BCUT2D eigenvalue weighted by atomic mass is 16.6. The smallest absolute Gasteiger partial charge is 0.410 e. The van der Waals surface area contributed by atoms with Crippen LogP contribution in [-0.4, -0.2) is 65.8 Å². The van der Waals surface area contributed by atoms with Crippen LogP contribution in [0.15, 0.2) is 11.6 Å². The predicted octanol–water partition coefficient (Wildman–Crippen LogP) is 2.97. The maximum absolute atomic E-state index is 12.8. The molecule has 0 bridgehead atoms. The van der Waals surface area contributed by atoms with Crippen LogP contribution in [0.4, 0.5) is 4.79 Å². The zero-order valence-corrected chi connectivity index (χ0v) is 16.2. The molecule has 0 N–H and O–H groups in total. The van der Waals surface area contributed by atoms with Crippen molar-refractivity contribution < 1.29 is 19.1 Å². The zero-order chi connectivity index (χ0) is 18.6. The zero-order valence-electron chi connectivity index (χ0n) is 16.2. The Morgan fingerprint density at radius 2 is 2.04 bits per heavy atom. The second-order valence-corrected chi connectivity index (χ2v) is 7.42. The van der Waals surface area contributed by atoms with E-state index in [-0.39, 0.29) is 18.5 Å². The number of amides is 2. The number of allylic oxidation sites excluding steroid dienone is 1. The molecule has 0 unspecified atom stereocenters. The van der Waals surface area contributed by atoms with Crippen LogP contribution >= 0.6 is 0 Å². The molecule has 1 aliphatic carbocycles. The van der Waals surface area contributed by atoms with Crippen molar-refractivity contribution in [1.29, 1.82) is 0 Å². The van der Waals surface area contributed by atoms with Gasteiger partial charge in [-0.3, -0.25) is 4.79 Å². The first-order valence-electron chi connectivity index (χ1n) is 9.33. The second kappa shape index (κ2) is 8.21. The number of ether oxygens (including phenoxy) is 2. The Kier molecular flexibility index (Phi) is 6.49. The van der Waals surface area contributed by atoms with Gasteiger partial charge >= 0.3 is 6.09 Å². The third-order valence-electron chi connectivity index (χ3n) is 5.06. The van der Waals surface area contributed by atoms with E-state index in [1.165, 1.54) is 0 Å². The Morgan fingerprint density at radius 3 is 2.60 bits per heavy atom. The standard InChI is InChI=1S/C19H32N2O4/c1-6-10-21(15-8-9-15)17(22)16-13-20(11-12-24-16)18(23)25-19(4,5)14(3)7-2/h7,15-16H,6,8-13H2,1-5H3/b14-7+/t16-/m1/s1. The molecule has 25 heavy (non-hydrogen) atoms. The maximum atomic E-state index is 12.8. The third kappa shape index (κ3) is 4.97. The summed E-state index contributed by atoms with van der Waals surface area (Å²) in [5, 5.41) is 0. The first-order valence-corrected chi connectivity index (χ1v) is 9.33. The first kappa shape index (κ1) is 19.8. The minimum atomic E-state index is -0.661. The van der Waals surface area contributed by atoms with Crippen LogP contribution in [0.2, 0.25) is 0 Å². The number of hydrogen-bond acceptors (Lipinski definition) is 4. The van der Waals surface area contributed by atoms with Crippen molar-refractivity contribution in [3.63, 3.8) is 0 Å². The molecule has 1 saturated carbocycles. The van der Waals surface area contributed by atoms with Gasteiger partial charge in [-0.25, -0.2) is 4.79 Å². The van der Waals surface area contributed by atoms with Crippen molar-refractivity contribution in [3.8, 4) is 0 Å². The van der Waals surface area contributed by atoms with Crippen LogP contribution in [0, 0.1) is 0 Å². The third-order valence-corrected chi connectivity index (χ3v) is 5.06. The molecule has 2 rings (SSSR count). The number of carbonyl (C=O) groups excluding carboxylic acids is 2. The van der Waals surface area contributed by atoms with Crippen LogP contribution < -0.4 is 0 Å². The van der Waals surface area contributed by atoms with Crippen LogP contribution in [-0.2, 0) is 14.3 Å². The first-order chi connectivity index (χ1) is 11.8. The van der Waals surface area contributed by atoms with Crippen molar-refractivity contribution >= 4 is 12.0 Å². The van der Waals surface area contributed by atoms with Crippen molar-refractivity contribution in [3.05, 3.63) is 11.6 Å². The van der Waals surface area contributed by atoms with Gasteiger partial charge in [0.2, 0.25) is 0 Å². The molecule has 142 valence electrons. The highest BCUT2D eigenvalue weighted by Gasteiger charge is 2.39. The van der Waals surface area contributed by atoms with E-state index in [2.05, 4.69) is 6.92 Å². The van der Waals surface area contributed by atoms with E-state index in [1.54, 1.807) is 4.90 Å².